The smallest absolute Gasteiger partial charge is 0.191 e. The first-order valence-electron chi connectivity index (χ1n) is 10.9. The van der Waals surface area contributed by atoms with Crippen LogP contribution in [0.5, 0.6) is 17.2 Å². The van der Waals surface area contributed by atoms with Gasteiger partial charge in [-0.1, -0.05) is 12.1 Å². The number of methoxy groups -OCH3 is 3. The fourth-order valence-electron chi connectivity index (χ4n) is 3.81. The summed E-state index contributed by atoms with van der Waals surface area (Å²) in [6.45, 7) is 4.76. The lowest BCUT2D eigenvalue weighted by molar-refractivity contribution is 0.186. The number of hydrogen-bond acceptors (Lipinski definition) is 6. The van der Waals surface area contributed by atoms with Gasteiger partial charge in [-0.2, -0.15) is 0 Å². The molecule has 0 radical (unpaired) electrons. The number of hydrogen-bond donors (Lipinski definition) is 3. The van der Waals surface area contributed by atoms with Gasteiger partial charge in [0.25, 0.3) is 0 Å². The van der Waals surface area contributed by atoms with Crippen LogP contribution in [0.1, 0.15) is 25.0 Å². The summed E-state index contributed by atoms with van der Waals surface area (Å²) in [4.78, 5) is 6.93. The van der Waals surface area contributed by atoms with E-state index in [4.69, 9.17) is 14.2 Å². The number of halogens is 1. The Labute approximate surface area is 213 Å². The molecule has 2 aromatic carbocycles. The zero-order valence-electron chi connectivity index (χ0n) is 19.7. The highest BCUT2D eigenvalue weighted by molar-refractivity contribution is 14.0. The van der Waals surface area contributed by atoms with Crippen molar-refractivity contribution in [1.82, 2.24) is 10.6 Å². The van der Waals surface area contributed by atoms with Gasteiger partial charge in [-0.05, 0) is 43.2 Å². The Bertz CT molecular complexity index is 890. The van der Waals surface area contributed by atoms with E-state index in [0.29, 0.717) is 23.0 Å². The number of nitrogens with one attached hydrogen (secondary N) is 2. The molecule has 2 unspecified atom stereocenters. The third kappa shape index (κ3) is 7.29. The Balaban J connectivity index is 0.00000385. The lowest BCUT2D eigenvalue weighted by Gasteiger charge is -2.22. The predicted molar refractivity (Wildman–Crippen MR) is 143 cm³/mol. The second-order valence-electron chi connectivity index (χ2n) is 7.63. The first kappa shape index (κ1) is 26.8. The predicted octanol–water partition coefficient (Wildman–Crippen LogP) is 3.20. The molecule has 3 rings (SSSR count). The summed E-state index contributed by atoms with van der Waals surface area (Å²) in [7, 11) is 4.88. The summed E-state index contributed by atoms with van der Waals surface area (Å²) in [5.74, 6) is 2.84. The molecule has 1 aliphatic rings. The Morgan fingerprint density at radius 2 is 1.82 bits per heavy atom. The van der Waals surface area contributed by atoms with E-state index in [9.17, 15) is 5.11 Å². The summed E-state index contributed by atoms with van der Waals surface area (Å²) in [6.07, 6.45) is 0.209. The van der Waals surface area contributed by atoms with Crippen LogP contribution < -0.4 is 29.7 Å². The van der Waals surface area contributed by atoms with Crippen molar-refractivity contribution >= 4 is 35.6 Å². The fourth-order valence-corrected chi connectivity index (χ4v) is 3.81. The molecular weight excluding hydrogens is 535 g/mol. The average molecular weight is 570 g/mol. The summed E-state index contributed by atoms with van der Waals surface area (Å²) >= 11 is 0. The minimum Gasteiger partial charge on any atom is -0.497 e. The van der Waals surface area contributed by atoms with E-state index in [1.54, 1.807) is 39.5 Å². The molecule has 0 amide bonds. The molecule has 1 aliphatic heterocycles. The standard InChI is InChI=1S/C24H34N4O4.HI/c1-5-25-24(26-15-22(29)17-12-19(30-2)14-20(13-17)31-3)27-18-10-11-28(16-18)21-8-6-7-9-23(21)32-4;/h6-9,12-14,18,22,29H,5,10-11,15-16H2,1-4H3,(H2,25,26,27);1H. The van der Waals surface area contributed by atoms with E-state index in [0.717, 1.165) is 37.5 Å². The molecule has 0 aliphatic carbocycles. The van der Waals surface area contributed by atoms with Gasteiger partial charge in [0.05, 0.1) is 39.7 Å². The Morgan fingerprint density at radius 3 is 2.45 bits per heavy atom. The summed E-state index contributed by atoms with van der Waals surface area (Å²) in [5.41, 5.74) is 1.80. The number of para-hydroxylation sites is 2. The number of ether oxygens (including phenoxy) is 3. The Kier molecular flexibility index (Phi) is 10.9. The summed E-state index contributed by atoms with van der Waals surface area (Å²) < 4.78 is 16.1. The number of aliphatic imine (C=N–C) groups is 1. The van der Waals surface area contributed by atoms with Crippen LogP contribution in [-0.4, -0.2) is 64.6 Å². The van der Waals surface area contributed by atoms with Crippen LogP contribution in [0.2, 0.25) is 0 Å². The van der Waals surface area contributed by atoms with Crippen LogP contribution in [0.15, 0.2) is 47.5 Å². The lowest BCUT2D eigenvalue weighted by atomic mass is 10.1. The van der Waals surface area contributed by atoms with Crippen molar-refractivity contribution in [1.29, 1.82) is 0 Å². The van der Waals surface area contributed by atoms with Crippen molar-refractivity contribution in [2.45, 2.75) is 25.5 Å². The maximum atomic E-state index is 10.7. The van der Waals surface area contributed by atoms with Gasteiger partial charge in [0, 0.05) is 31.7 Å². The first-order valence-corrected chi connectivity index (χ1v) is 10.9. The number of aliphatic hydroxyl groups excluding tert-OH is 1. The molecule has 9 heteroatoms. The molecule has 0 bridgehead atoms. The summed E-state index contributed by atoms with van der Waals surface area (Å²) in [6, 6.07) is 13.7. The number of guanidine groups is 1. The number of aliphatic hydroxyl groups is 1. The Morgan fingerprint density at radius 1 is 1.12 bits per heavy atom. The number of rotatable bonds is 9. The topological polar surface area (TPSA) is 87.6 Å². The third-order valence-corrected chi connectivity index (χ3v) is 5.48. The molecule has 8 nitrogen and oxygen atoms in total. The molecule has 182 valence electrons. The van der Waals surface area contributed by atoms with Gasteiger partial charge in [-0.25, -0.2) is 0 Å². The van der Waals surface area contributed by atoms with Gasteiger partial charge in [-0.15, -0.1) is 24.0 Å². The maximum absolute atomic E-state index is 10.7. The SMILES string of the molecule is CCNC(=NCC(O)c1cc(OC)cc(OC)c1)NC1CCN(c2ccccc2OC)C1.I. The fraction of sp³-hybridized carbons (Fsp3) is 0.458. The largest absolute Gasteiger partial charge is 0.497 e. The monoisotopic (exact) mass is 570 g/mol. The van der Waals surface area contributed by atoms with E-state index in [1.165, 1.54) is 0 Å². The maximum Gasteiger partial charge on any atom is 0.191 e. The Hall–Kier alpha value is -2.40. The molecule has 2 atom stereocenters. The molecule has 33 heavy (non-hydrogen) atoms. The molecule has 0 spiro atoms. The van der Waals surface area contributed by atoms with Crippen molar-refractivity contribution in [3.63, 3.8) is 0 Å². The van der Waals surface area contributed by atoms with Crippen LogP contribution in [-0.2, 0) is 0 Å². The second-order valence-corrected chi connectivity index (χ2v) is 7.63. The molecule has 0 aromatic heterocycles. The highest BCUT2D eigenvalue weighted by Gasteiger charge is 2.25. The number of nitrogens with zero attached hydrogens (tertiary/aromatic N) is 2. The molecule has 3 N–H and O–H groups in total. The van der Waals surface area contributed by atoms with Crippen LogP contribution in [0.4, 0.5) is 5.69 Å². The quantitative estimate of drug-likeness (QED) is 0.243. The van der Waals surface area contributed by atoms with Gasteiger partial charge in [0.2, 0.25) is 0 Å². The van der Waals surface area contributed by atoms with Gasteiger partial charge in [0.15, 0.2) is 5.96 Å². The van der Waals surface area contributed by atoms with E-state index >= 15 is 0 Å². The highest BCUT2D eigenvalue weighted by Crippen LogP contribution is 2.30. The van der Waals surface area contributed by atoms with Crippen LogP contribution >= 0.6 is 24.0 Å². The molecule has 1 saturated heterocycles. The number of anilines is 1. The second kappa shape index (κ2) is 13.3. The van der Waals surface area contributed by atoms with E-state index in [2.05, 4.69) is 26.6 Å². The lowest BCUT2D eigenvalue weighted by Crippen LogP contribution is -2.44. The van der Waals surface area contributed by atoms with Gasteiger partial charge < -0.3 is 34.9 Å². The summed E-state index contributed by atoms with van der Waals surface area (Å²) in [5, 5.41) is 17.5. The zero-order chi connectivity index (χ0) is 22.9. The minimum atomic E-state index is -0.775. The molecular formula is C24H35IN4O4. The molecule has 1 heterocycles. The van der Waals surface area contributed by atoms with Crippen LogP contribution in [0.3, 0.4) is 0 Å². The average Bonchev–Trinajstić information content (AvgIpc) is 3.30. The van der Waals surface area contributed by atoms with E-state index in [1.807, 2.05) is 25.1 Å². The van der Waals surface area contributed by atoms with Crippen molar-refractivity contribution in [3.05, 3.63) is 48.0 Å². The van der Waals surface area contributed by atoms with Crippen molar-refractivity contribution in [2.24, 2.45) is 4.99 Å². The molecule has 0 saturated carbocycles. The van der Waals surface area contributed by atoms with E-state index < -0.39 is 6.10 Å². The third-order valence-electron chi connectivity index (χ3n) is 5.48. The zero-order valence-corrected chi connectivity index (χ0v) is 22.0. The molecule has 2 aromatic rings. The van der Waals surface area contributed by atoms with Crippen molar-refractivity contribution in [3.8, 4) is 17.2 Å². The van der Waals surface area contributed by atoms with Crippen molar-refractivity contribution < 1.29 is 19.3 Å². The van der Waals surface area contributed by atoms with Gasteiger partial charge >= 0.3 is 0 Å². The van der Waals surface area contributed by atoms with Crippen molar-refractivity contribution in [2.75, 3.05) is 52.4 Å². The normalized spacial score (nSPS) is 16.6. The highest BCUT2D eigenvalue weighted by atomic mass is 127. The molecule has 1 fully saturated rings. The van der Waals surface area contributed by atoms with Gasteiger partial charge in [-0.3, -0.25) is 4.99 Å². The minimum absolute atomic E-state index is 0. The van der Waals surface area contributed by atoms with Crippen LogP contribution in [0.25, 0.3) is 0 Å². The van der Waals surface area contributed by atoms with Gasteiger partial charge in [0.1, 0.15) is 17.2 Å². The first-order chi connectivity index (χ1) is 15.6. The van der Waals surface area contributed by atoms with Crippen LogP contribution in [0, 0.1) is 0 Å². The van der Waals surface area contributed by atoms with E-state index in [-0.39, 0.29) is 36.6 Å². The number of benzene rings is 2.